The van der Waals surface area contributed by atoms with E-state index < -0.39 is 0 Å². The third-order valence-corrected chi connectivity index (χ3v) is 11.8. The monoisotopic (exact) mass is 747 g/mol. The lowest BCUT2D eigenvalue weighted by molar-refractivity contribution is 0.669. The third-order valence-electron chi connectivity index (χ3n) is 10.7. The van der Waals surface area contributed by atoms with Crippen LogP contribution in [0.2, 0.25) is 0 Å². The predicted molar refractivity (Wildman–Crippen MR) is 235 cm³/mol. The molecule has 0 amide bonds. The second-order valence-corrected chi connectivity index (χ2v) is 15.3. The van der Waals surface area contributed by atoms with Crippen molar-refractivity contribution in [2.75, 3.05) is 4.90 Å². The quantitative estimate of drug-likeness (QED) is 0.169. The summed E-state index contributed by atoms with van der Waals surface area (Å²) in [7, 11) is 0. The molecule has 0 atom stereocenters. The Hall–Kier alpha value is -7.21. The second kappa shape index (κ2) is 13.8. The highest BCUT2D eigenvalue weighted by Crippen LogP contribution is 2.52. The summed E-state index contributed by atoms with van der Waals surface area (Å²) in [6.45, 7) is 0. The summed E-state index contributed by atoms with van der Waals surface area (Å²) in [5.41, 5.74) is 14.5. The van der Waals surface area contributed by atoms with E-state index in [-0.39, 0.29) is 0 Å². The fourth-order valence-corrected chi connectivity index (χ4v) is 9.04. The summed E-state index contributed by atoms with van der Waals surface area (Å²) in [5.74, 6) is 0.661. The maximum absolute atomic E-state index is 6.50. The Labute approximate surface area is 334 Å². The highest BCUT2D eigenvalue weighted by Gasteiger charge is 2.26. The number of anilines is 3. The molecular formula is C52H33N3OS. The van der Waals surface area contributed by atoms with Gasteiger partial charge in [-0.3, -0.25) is 0 Å². The van der Waals surface area contributed by atoms with Crippen molar-refractivity contribution in [3.63, 3.8) is 0 Å². The topological polar surface area (TPSA) is 42.2 Å². The molecule has 11 rings (SSSR count). The molecule has 0 spiro atoms. The molecule has 4 nitrogen and oxygen atoms in total. The molecule has 268 valence electrons. The average Bonchev–Trinajstić information content (AvgIpc) is 3.67. The van der Waals surface area contributed by atoms with Crippen molar-refractivity contribution < 1.29 is 4.42 Å². The number of aromatic nitrogens is 2. The molecule has 0 radical (unpaired) electrons. The Morgan fingerprint density at radius 2 is 1.00 bits per heavy atom. The smallest absolute Gasteiger partial charge is 0.161 e. The van der Waals surface area contributed by atoms with E-state index in [1.807, 2.05) is 60.3 Å². The van der Waals surface area contributed by atoms with Gasteiger partial charge in [-0.25, -0.2) is 9.97 Å². The fourth-order valence-electron chi connectivity index (χ4n) is 7.94. The van der Waals surface area contributed by atoms with Crippen LogP contribution in [-0.2, 0) is 0 Å². The molecule has 0 aliphatic carbocycles. The molecule has 5 heteroatoms. The molecule has 0 saturated heterocycles. The molecule has 0 fully saturated rings. The molecule has 0 saturated carbocycles. The van der Waals surface area contributed by atoms with Gasteiger partial charge in [-0.15, -0.1) is 0 Å². The van der Waals surface area contributed by atoms with Gasteiger partial charge < -0.3 is 9.32 Å². The van der Waals surface area contributed by atoms with Gasteiger partial charge in [0.25, 0.3) is 0 Å². The molecule has 0 unspecified atom stereocenters. The lowest BCUT2D eigenvalue weighted by Crippen LogP contribution is -2.14. The summed E-state index contributed by atoms with van der Waals surface area (Å²) < 4.78 is 6.50. The standard InChI is InChI=1S/C52H33N3OS/c1-4-14-34(15-5-1)37-20-12-21-40(30-37)55-45-23-10-11-25-49(45)57-50-32-39(26-28-46(50)55)38-27-29-47-42(31-38)51-41(22-13-24-48(51)56-47)52-53-43(35-16-6-2-7-17-35)33-44(54-52)36-18-8-3-9-19-36/h1-33H. The number of nitrogens with zero attached hydrogens (tertiary/aromatic N) is 3. The third kappa shape index (κ3) is 5.97. The highest BCUT2D eigenvalue weighted by molar-refractivity contribution is 7.99. The summed E-state index contributed by atoms with van der Waals surface area (Å²) in [6, 6.07) is 70.3. The van der Waals surface area contributed by atoms with Gasteiger partial charge in [0.15, 0.2) is 5.82 Å². The van der Waals surface area contributed by atoms with E-state index in [0.29, 0.717) is 5.82 Å². The van der Waals surface area contributed by atoms with Crippen molar-refractivity contribution in [1.29, 1.82) is 0 Å². The first-order valence-corrected chi connectivity index (χ1v) is 19.9. The van der Waals surface area contributed by atoms with Gasteiger partial charge in [-0.1, -0.05) is 151 Å². The van der Waals surface area contributed by atoms with Crippen molar-refractivity contribution in [1.82, 2.24) is 9.97 Å². The first-order chi connectivity index (χ1) is 28.2. The lowest BCUT2D eigenvalue weighted by atomic mass is 9.99. The Morgan fingerprint density at radius 3 is 1.75 bits per heavy atom. The number of furan rings is 1. The minimum absolute atomic E-state index is 0.661. The maximum atomic E-state index is 6.50. The van der Waals surface area contributed by atoms with Gasteiger partial charge in [0.05, 0.1) is 22.8 Å². The first-order valence-electron chi connectivity index (χ1n) is 19.1. The number of hydrogen-bond acceptors (Lipinski definition) is 5. The van der Waals surface area contributed by atoms with Gasteiger partial charge in [-0.05, 0) is 82.9 Å². The molecular weight excluding hydrogens is 715 g/mol. The van der Waals surface area contributed by atoms with Crippen LogP contribution in [0.1, 0.15) is 0 Å². The van der Waals surface area contributed by atoms with E-state index in [1.54, 1.807) is 0 Å². The summed E-state index contributed by atoms with van der Waals surface area (Å²) in [6.07, 6.45) is 0. The molecule has 8 aromatic carbocycles. The normalized spacial score (nSPS) is 12.1. The SMILES string of the molecule is c1ccc(-c2cccc(N3c4ccccc4Sc4cc(-c5ccc6oc7cccc(-c8nc(-c9ccccc9)cc(-c9ccccc9)n8)c7c6c5)ccc43)c2)cc1. The van der Waals surface area contributed by atoms with Gasteiger partial charge in [0.1, 0.15) is 11.2 Å². The van der Waals surface area contributed by atoms with Gasteiger partial charge >= 0.3 is 0 Å². The Morgan fingerprint density at radius 1 is 0.404 bits per heavy atom. The second-order valence-electron chi connectivity index (χ2n) is 14.2. The van der Waals surface area contributed by atoms with Gasteiger partial charge in [-0.2, -0.15) is 0 Å². The zero-order chi connectivity index (χ0) is 37.7. The van der Waals surface area contributed by atoms with Crippen LogP contribution in [0.25, 0.3) is 78.1 Å². The van der Waals surface area contributed by atoms with Crippen molar-refractivity contribution in [3.8, 4) is 56.2 Å². The molecule has 3 heterocycles. The number of rotatable bonds is 6. The zero-order valence-electron chi connectivity index (χ0n) is 30.7. The first kappa shape index (κ1) is 33.2. The minimum Gasteiger partial charge on any atom is -0.456 e. The molecule has 57 heavy (non-hydrogen) atoms. The maximum Gasteiger partial charge on any atom is 0.161 e. The Balaban J connectivity index is 1.03. The minimum atomic E-state index is 0.661. The van der Waals surface area contributed by atoms with Crippen molar-refractivity contribution in [2.45, 2.75) is 9.79 Å². The fraction of sp³-hybridized carbons (Fsp3) is 0. The van der Waals surface area contributed by atoms with Crippen LogP contribution >= 0.6 is 11.8 Å². The summed E-state index contributed by atoms with van der Waals surface area (Å²) in [5, 5.41) is 2.03. The number of hydrogen-bond donors (Lipinski definition) is 0. The zero-order valence-corrected chi connectivity index (χ0v) is 31.5. The molecule has 1 aliphatic heterocycles. The van der Waals surface area contributed by atoms with E-state index in [2.05, 4.69) is 157 Å². The largest absolute Gasteiger partial charge is 0.456 e. The van der Waals surface area contributed by atoms with Crippen LogP contribution < -0.4 is 4.90 Å². The Kier molecular flexibility index (Phi) is 8.04. The van der Waals surface area contributed by atoms with E-state index >= 15 is 0 Å². The highest BCUT2D eigenvalue weighted by atomic mass is 32.2. The van der Waals surface area contributed by atoms with E-state index in [9.17, 15) is 0 Å². The van der Waals surface area contributed by atoms with Crippen LogP contribution in [0.4, 0.5) is 17.1 Å². The van der Waals surface area contributed by atoms with Crippen LogP contribution in [-0.4, -0.2) is 9.97 Å². The van der Waals surface area contributed by atoms with Gasteiger partial charge in [0.2, 0.25) is 0 Å². The van der Waals surface area contributed by atoms with E-state index in [1.165, 1.54) is 26.6 Å². The average molecular weight is 748 g/mol. The summed E-state index contributed by atoms with van der Waals surface area (Å²) in [4.78, 5) is 15.2. The van der Waals surface area contributed by atoms with Crippen LogP contribution in [0.5, 0.6) is 0 Å². The molecule has 1 aliphatic rings. The van der Waals surface area contributed by atoms with Crippen LogP contribution in [0.15, 0.2) is 214 Å². The molecule has 0 bridgehead atoms. The van der Waals surface area contributed by atoms with Crippen molar-refractivity contribution in [3.05, 3.63) is 200 Å². The van der Waals surface area contributed by atoms with E-state index in [4.69, 9.17) is 14.4 Å². The van der Waals surface area contributed by atoms with Crippen molar-refractivity contribution in [2.24, 2.45) is 0 Å². The van der Waals surface area contributed by atoms with Crippen LogP contribution in [0.3, 0.4) is 0 Å². The van der Waals surface area contributed by atoms with Crippen molar-refractivity contribution >= 4 is 50.8 Å². The summed E-state index contributed by atoms with van der Waals surface area (Å²) >= 11 is 1.82. The predicted octanol–water partition coefficient (Wildman–Crippen LogP) is 14.6. The number of benzene rings is 8. The molecule has 10 aromatic rings. The van der Waals surface area contributed by atoms with Gasteiger partial charge in [0, 0.05) is 42.9 Å². The lowest BCUT2D eigenvalue weighted by Gasteiger charge is -2.33. The molecule has 2 aromatic heterocycles. The molecule has 0 N–H and O–H groups in total. The Bertz CT molecular complexity index is 3050. The number of para-hydroxylation sites is 1. The van der Waals surface area contributed by atoms with E-state index in [0.717, 1.165) is 72.5 Å². The number of fused-ring (bicyclic) bond motifs is 5. The van der Waals surface area contributed by atoms with Crippen LogP contribution in [0, 0.1) is 0 Å².